The largest absolute Gasteiger partial charge is 0.493 e. The number of halogens is 1. The molecule has 3 rings (SSSR count). The number of aromatic nitrogens is 2. The van der Waals surface area contributed by atoms with Crippen LogP contribution in [0.3, 0.4) is 0 Å². The maximum atomic E-state index is 14.3. The van der Waals surface area contributed by atoms with Crippen molar-refractivity contribution in [1.82, 2.24) is 15.3 Å². The molecule has 2 aromatic rings. The van der Waals surface area contributed by atoms with Crippen LogP contribution in [0.5, 0.6) is 5.75 Å². The van der Waals surface area contributed by atoms with E-state index in [4.69, 9.17) is 10.5 Å². The van der Waals surface area contributed by atoms with Crippen LogP contribution >= 0.6 is 0 Å². The number of nitrogens with one attached hydrogen (secondary N) is 1. The molecule has 8 nitrogen and oxygen atoms in total. The normalized spacial score (nSPS) is 15.2. The summed E-state index contributed by atoms with van der Waals surface area (Å²) in [5, 5.41) is 2.36. The van der Waals surface area contributed by atoms with Gasteiger partial charge in [0.15, 0.2) is 0 Å². The molecule has 1 aliphatic rings. The molecule has 0 radical (unpaired) electrons. The summed E-state index contributed by atoms with van der Waals surface area (Å²) in [7, 11) is 0. The maximum absolute atomic E-state index is 14.3. The number of nitrogens with two attached hydrogens (primary N) is 1. The van der Waals surface area contributed by atoms with Gasteiger partial charge in [0, 0.05) is 31.5 Å². The van der Waals surface area contributed by atoms with Crippen LogP contribution in [-0.2, 0) is 11.2 Å². The standard InChI is InChI=1S/C24H32FN5O3/c1-3-17-14-27-24(28-15-17)30-10-8-18(9-11-30)5-4-12-33-19-6-7-20(21(25)13-19)23(32)29-16(2)22(26)31/h6-7,13-16,18H,3-5,8-12H2,1-2H3,(H2,26,31)(H,29,32)/t16-/m1/s1. The van der Waals surface area contributed by atoms with E-state index in [9.17, 15) is 14.0 Å². The lowest BCUT2D eigenvalue weighted by molar-refractivity contribution is -0.119. The molecule has 178 valence electrons. The number of hydrogen-bond acceptors (Lipinski definition) is 6. The third-order valence-electron chi connectivity index (χ3n) is 5.98. The third-order valence-corrected chi connectivity index (χ3v) is 5.98. The number of nitrogens with zero attached hydrogens (tertiary/aromatic N) is 3. The Hall–Kier alpha value is -3.23. The summed E-state index contributed by atoms with van der Waals surface area (Å²) in [4.78, 5) is 34.3. The zero-order valence-corrected chi connectivity index (χ0v) is 19.2. The van der Waals surface area contributed by atoms with Gasteiger partial charge < -0.3 is 20.7 Å². The lowest BCUT2D eigenvalue weighted by Gasteiger charge is -2.32. The average molecular weight is 458 g/mol. The van der Waals surface area contributed by atoms with Crippen LogP contribution in [0.25, 0.3) is 0 Å². The Kier molecular flexibility index (Phi) is 8.57. The summed E-state index contributed by atoms with van der Waals surface area (Å²) >= 11 is 0. The van der Waals surface area contributed by atoms with Gasteiger partial charge in [0.2, 0.25) is 11.9 Å². The van der Waals surface area contributed by atoms with E-state index < -0.39 is 23.7 Å². The first-order chi connectivity index (χ1) is 15.9. The minimum absolute atomic E-state index is 0.157. The molecular weight excluding hydrogens is 425 g/mol. The quantitative estimate of drug-likeness (QED) is 0.531. The van der Waals surface area contributed by atoms with Crippen molar-refractivity contribution in [2.75, 3.05) is 24.6 Å². The highest BCUT2D eigenvalue weighted by atomic mass is 19.1. The zero-order chi connectivity index (χ0) is 23.8. The summed E-state index contributed by atoms with van der Waals surface area (Å²) in [5.74, 6) is -0.290. The van der Waals surface area contributed by atoms with Gasteiger partial charge in [-0.25, -0.2) is 14.4 Å². The van der Waals surface area contributed by atoms with E-state index in [1.54, 1.807) is 6.07 Å². The van der Waals surface area contributed by atoms with Crippen LogP contribution < -0.4 is 20.7 Å². The number of aryl methyl sites for hydroxylation is 1. The molecule has 9 heteroatoms. The SMILES string of the molecule is CCc1cnc(N2CCC(CCCOc3ccc(C(=O)N[C@H](C)C(N)=O)c(F)c3)CC2)nc1. The molecular formula is C24H32FN5O3. The molecule has 0 bridgehead atoms. The second-order valence-electron chi connectivity index (χ2n) is 8.41. The predicted molar refractivity (Wildman–Crippen MR) is 124 cm³/mol. The first-order valence-electron chi connectivity index (χ1n) is 11.5. The van der Waals surface area contributed by atoms with Crippen LogP contribution in [0.1, 0.15) is 55.5 Å². The Balaban J connectivity index is 1.38. The monoisotopic (exact) mass is 457 g/mol. The van der Waals surface area contributed by atoms with E-state index in [1.807, 2.05) is 12.4 Å². The van der Waals surface area contributed by atoms with E-state index in [1.165, 1.54) is 19.1 Å². The molecule has 0 saturated carbocycles. The van der Waals surface area contributed by atoms with Gasteiger partial charge in [0.25, 0.3) is 5.91 Å². The van der Waals surface area contributed by atoms with Gasteiger partial charge in [-0.05, 0) is 62.6 Å². The van der Waals surface area contributed by atoms with E-state index in [0.717, 1.165) is 56.7 Å². The fourth-order valence-electron chi connectivity index (χ4n) is 3.79. The van der Waals surface area contributed by atoms with Crippen molar-refractivity contribution >= 4 is 17.8 Å². The molecule has 1 aromatic heterocycles. The third kappa shape index (κ3) is 6.87. The smallest absolute Gasteiger partial charge is 0.254 e. The molecule has 1 aromatic carbocycles. The topological polar surface area (TPSA) is 110 Å². The van der Waals surface area contributed by atoms with E-state index in [0.29, 0.717) is 18.3 Å². The van der Waals surface area contributed by atoms with Gasteiger partial charge in [-0.2, -0.15) is 0 Å². The van der Waals surface area contributed by atoms with Crippen LogP contribution in [0, 0.1) is 11.7 Å². The number of carbonyl (C=O) groups is 2. The van der Waals surface area contributed by atoms with Gasteiger partial charge in [0.1, 0.15) is 17.6 Å². The fourth-order valence-corrected chi connectivity index (χ4v) is 3.79. The maximum Gasteiger partial charge on any atom is 0.254 e. The van der Waals surface area contributed by atoms with Crippen LogP contribution in [-0.4, -0.2) is 47.5 Å². The van der Waals surface area contributed by atoms with Gasteiger partial charge in [-0.1, -0.05) is 6.92 Å². The van der Waals surface area contributed by atoms with Gasteiger partial charge in [0.05, 0.1) is 12.2 Å². The fraction of sp³-hybridized carbons (Fsp3) is 0.500. The van der Waals surface area contributed by atoms with Gasteiger partial charge in [-0.15, -0.1) is 0 Å². The van der Waals surface area contributed by atoms with E-state index in [2.05, 4.69) is 27.1 Å². The Morgan fingerprint density at radius 2 is 1.97 bits per heavy atom. The van der Waals surface area contributed by atoms with Gasteiger partial charge >= 0.3 is 0 Å². The summed E-state index contributed by atoms with van der Waals surface area (Å²) in [6.07, 6.45) is 8.81. The average Bonchev–Trinajstić information content (AvgIpc) is 2.82. The molecule has 1 aliphatic heterocycles. The summed E-state index contributed by atoms with van der Waals surface area (Å²) < 4.78 is 20.0. The first-order valence-corrected chi connectivity index (χ1v) is 11.5. The van der Waals surface area contributed by atoms with Gasteiger partial charge in [-0.3, -0.25) is 9.59 Å². The number of carbonyl (C=O) groups excluding carboxylic acids is 2. The number of ether oxygens (including phenoxy) is 1. The number of anilines is 1. The lowest BCUT2D eigenvalue weighted by Crippen LogP contribution is -2.42. The van der Waals surface area contributed by atoms with Crippen molar-refractivity contribution < 1.29 is 18.7 Å². The zero-order valence-electron chi connectivity index (χ0n) is 19.2. The van der Waals surface area contributed by atoms with Crippen molar-refractivity contribution in [2.24, 2.45) is 11.7 Å². The Labute approximate surface area is 193 Å². The van der Waals surface area contributed by atoms with E-state index in [-0.39, 0.29) is 5.56 Å². The highest BCUT2D eigenvalue weighted by Crippen LogP contribution is 2.24. The highest BCUT2D eigenvalue weighted by Gasteiger charge is 2.21. The minimum atomic E-state index is -0.881. The highest BCUT2D eigenvalue weighted by molar-refractivity contribution is 5.97. The molecule has 3 N–H and O–H groups in total. The Bertz CT molecular complexity index is 946. The van der Waals surface area contributed by atoms with Crippen molar-refractivity contribution in [1.29, 1.82) is 0 Å². The molecule has 2 heterocycles. The van der Waals surface area contributed by atoms with E-state index >= 15 is 0 Å². The van der Waals surface area contributed by atoms with Crippen molar-refractivity contribution in [3.63, 3.8) is 0 Å². The second-order valence-corrected chi connectivity index (χ2v) is 8.41. The summed E-state index contributed by atoms with van der Waals surface area (Å²) in [6.45, 7) is 5.90. The number of hydrogen-bond donors (Lipinski definition) is 2. The second kappa shape index (κ2) is 11.6. The number of rotatable bonds is 10. The van der Waals surface area contributed by atoms with Crippen molar-refractivity contribution in [2.45, 2.75) is 52.0 Å². The summed E-state index contributed by atoms with van der Waals surface area (Å²) in [6, 6.07) is 3.20. The van der Waals surface area contributed by atoms with Crippen molar-refractivity contribution in [3.8, 4) is 5.75 Å². The molecule has 0 unspecified atom stereocenters. The number of piperidine rings is 1. The number of benzene rings is 1. The Morgan fingerprint density at radius 1 is 1.27 bits per heavy atom. The Morgan fingerprint density at radius 3 is 2.58 bits per heavy atom. The molecule has 0 spiro atoms. The lowest BCUT2D eigenvalue weighted by atomic mass is 9.92. The molecule has 1 saturated heterocycles. The summed E-state index contributed by atoms with van der Waals surface area (Å²) in [5.41, 5.74) is 6.10. The number of primary amides is 1. The molecule has 1 atom stereocenters. The molecule has 2 amide bonds. The van der Waals surface area contributed by atoms with Crippen molar-refractivity contribution in [3.05, 3.63) is 47.5 Å². The van der Waals surface area contributed by atoms with Crippen LogP contribution in [0.2, 0.25) is 0 Å². The molecule has 33 heavy (non-hydrogen) atoms. The predicted octanol–water partition coefficient (Wildman–Crippen LogP) is 2.86. The van der Waals surface area contributed by atoms with Crippen LogP contribution in [0.15, 0.2) is 30.6 Å². The first kappa shape index (κ1) is 24.4. The minimum Gasteiger partial charge on any atom is -0.493 e. The molecule has 0 aliphatic carbocycles. The number of amides is 2. The van der Waals surface area contributed by atoms with Crippen LogP contribution in [0.4, 0.5) is 10.3 Å². The molecule has 1 fully saturated rings.